The lowest BCUT2D eigenvalue weighted by Gasteiger charge is -2.16. The first-order valence-corrected chi connectivity index (χ1v) is 6.21. The Kier molecular flexibility index (Phi) is 6.14. The quantitative estimate of drug-likeness (QED) is 0.824. The molecule has 0 radical (unpaired) electrons. The Bertz CT molecular complexity index is 331. The van der Waals surface area contributed by atoms with Crippen LogP contribution >= 0.6 is 23.2 Å². The number of nitrogens with one attached hydrogen (secondary N) is 1. The zero-order valence-corrected chi connectivity index (χ0v) is 10.9. The second kappa shape index (κ2) is 7.13. The van der Waals surface area contributed by atoms with Gasteiger partial charge in [-0.1, -0.05) is 36.2 Å². The molecule has 90 valence electrons. The third kappa shape index (κ3) is 4.30. The van der Waals surface area contributed by atoms with E-state index in [1.807, 2.05) is 12.1 Å². The van der Waals surface area contributed by atoms with Crippen molar-refractivity contribution in [1.29, 1.82) is 0 Å². The third-order valence-corrected chi connectivity index (χ3v) is 3.15. The van der Waals surface area contributed by atoms with Crippen molar-refractivity contribution < 1.29 is 5.11 Å². The van der Waals surface area contributed by atoms with E-state index in [-0.39, 0.29) is 6.61 Å². The van der Waals surface area contributed by atoms with Crippen LogP contribution in [0.4, 0.5) is 0 Å². The van der Waals surface area contributed by atoms with Crippen molar-refractivity contribution in [3.63, 3.8) is 0 Å². The molecule has 1 aromatic rings. The van der Waals surface area contributed by atoms with E-state index in [0.29, 0.717) is 22.6 Å². The average molecular weight is 262 g/mol. The zero-order chi connectivity index (χ0) is 12.0. The van der Waals surface area contributed by atoms with E-state index in [1.165, 1.54) is 0 Å². The minimum Gasteiger partial charge on any atom is -0.396 e. The fourth-order valence-corrected chi connectivity index (χ4v) is 2.00. The molecule has 2 nitrogen and oxygen atoms in total. The molecule has 1 unspecified atom stereocenters. The van der Waals surface area contributed by atoms with Crippen LogP contribution in [0.5, 0.6) is 0 Å². The first-order chi connectivity index (χ1) is 7.67. The van der Waals surface area contributed by atoms with Gasteiger partial charge in [-0.3, -0.25) is 0 Å². The molecule has 0 saturated heterocycles. The van der Waals surface area contributed by atoms with Crippen molar-refractivity contribution in [1.82, 2.24) is 5.32 Å². The molecule has 0 saturated carbocycles. The zero-order valence-electron chi connectivity index (χ0n) is 9.34. The van der Waals surface area contributed by atoms with Gasteiger partial charge < -0.3 is 10.4 Å². The van der Waals surface area contributed by atoms with Gasteiger partial charge in [0, 0.05) is 29.2 Å². The molecule has 0 fully saturated rings. The summed E-state index contributed by atoms with van der Waals surface area (Å²) >= 11 is 11.9. The molecule has 1 rings (SSSR count). The Labute approximate surface area is 107 Å². The Morgan fingerprint density at radius 2 is 2.12 bits per heavy atom. The van der Waals surface area contributed by atoms with Crippen molar-refractivity contribution in [2.45, 2.75) is 32.4 Å². The van der Waals surface area contributed by atoms with Crippen LogP contribution in [-0.4, -0.2) is 17.8 Å². The topological polar surface area (TPSA) is 32.3 Å². The summed E-state index contributed by atoms with van der Waals surface area (Å²) in [6, 6.07) is 5.82. The van der Waals surface area contributed by atoms with Crippen LogP contribution in [0.1, 0.15) is 25.3 Å². The smallest absolute Gasteiger partial charge is 0.0465 e. The summed E-state index contributed by atoms with van der Waals surface area (Å²) in [6.07, 6.45) is 1.76. The van der Waals surface area contributed by atoms with Gasteiger partial charge in [-0.05, 0) is 30.5 Å². The number of aliphatic hydroxyl groups excluding tert-OH is 1. The second-order valence-electron chi connectivity index (χ2n) is 3.73. The summed E-state index contributed by atoms with van der Waals surface area (Å²) in [6.45, 7) is 3.01. The molecule has 0 aliphatic carbocycles. The van der Waals surface area contributed by atoms with Crippen LogP contribution in [0.3, 0.4) is 0 Å². The van der Waals surface area contributed by atoms with Crippen molar-refractivity contribution >= 4 is 23.2 Å². The number of halogens is 2. The summed E-state index contributed by atoms with van der Waals surface area (Å²) < 4.78 is 0. The van der Waals surface area contributed by atoms with Crippen LogP contribution in [0.25, 0.3) is 0 Å². The van der Waals surface area contributed by atoms with Gasteiger partial charge in [0.1, 0.15) is 0 Å². The molecule has 0 aliphatic heterocycles. The van der Waals surface area contributed by atoms with Crippen LogP contribution < -0.4 is 5.32 Å². The molecule has 4 heteroatoms. The Hall–Kier alpha value is -0.280. The molecule has 1 atom stereocenters. The highest BCUT2D eigenvalue weighted by atomic mass is 35.5. The van der Waals surface area contributed by atoms with E-state index in [2.05, 4.69) is 12.2 Å². The molecule has 0 bridgehead atoms. The van der Waals surface area contributed by atoms with Crippen molar-refractivity contribution in [3.8, 4) is 0 Å². The SMILES string of the molecule is CCC(CCO)NCc1ccc(Cl)cc1Cl. The van der Waals surface area contributed by atoms with E-state index in [9.17, 15) is 0 Å². The highest BCUT2D eigenvalue weighted by Crippen LogP contribution is 2.20. The normalized spacial score (nSPS) is 12.8. The first-order valence-electron chi connectivity index (χ1n) is 5.45. The van der Waals surface area contributed by atoms with E-state index < -0.39 is 0 Å². The fourth-order valence-electron chi connectivity index (χ4n) is 1.53. The van der Waals surface area contributed by atoms with Gasteiger partial charge in [-0.15, -0.1) is 0 Å². The Morgan fingerprint density at radius 1 is 1.38 bits per heavy atom. The third-order valence-electron chi connectivity index (χ3n) is 2.57. The lowest BCUT2D eigenvalue weighted by molar-refractivity contribution is 0.262. The summed E-state index contributed by atoms with van der Waals surface area (Å²) in [4.78, 5) is 0. The summed E-state index contributed by atoms with van der Waals surface area (Å²) in [5.41, 5.74) is 1.03. The Morgan fingerprint density at radius 3 is 2.69 bits per heavy atom. The number of benzene rings is 1. The number of aliphatic hydroxyl groups is 1. The largest absolute Gasteiger partial charge is 0.396 e. The van der Waals surface area contributed by atoms with Gasteiger partial charge in [0.2, 0.25) is 0 Å². The lowest BCUT2D eigenvalue weighted by Crippen LogP contribution is -2.28. The monoisotopic (exact) mass is 261 g/mol. The Balaban J connectivity index is 2.53. The van der Waals surface area contributed by atoms with Gasteiger partial charge >= 0.3 is 0 Å². The molecule has 0 spiro atoms. The van der Waals surface area contributed by atoms with Crippen LogP contribution in [0.2, 0.25) is 10.0 Å². The first kappa shape index (κ1) is 13.8. The molecular weight excluding hydrogens is 245 g/mol. The highest BCUT2D eigenvalue weighted by molar-refractivity contribution is 6.35. The van der Waals surface area contributed by atoms with Gasteiger partial charge in [-0.2, -0.15) is 0 Å². The lowest BCUT2D eigenvalue weighted by atomic mass is 10.1. The number of hydrogen-bond acceptors (Lipinski definition) is 2. The number of hydrogen-bond donors (Lipinski definition) is 2. The molecule has 0 aromatic heterocycles. The van der Waals surface area contributed by atoms with Crippen molar-refractivity contribution in [2.24, 2.45) is 0 Å². The van der Waals surface area contributed by atoms with E-state index in [0.717, 1.165) is 18.4 Å². The summed E-state index contributed by atoms with van der Waals surface area (Å²) in [5, 5.41) is 13.6. The van der Waals surface area contributed by atoms with Crippen LogP contribution in [0, 0.1) is 0 Å². The van der Waals surface area contributed by atoms with Crippen LogP contribution in [-0.2, 0) is 6.54 Å². The molecule has 0 heterocycles. The molecule has 16 heavy (non-hydrogen) atoms. The number of rotatable bonds is 6. The summed E-state index contributed by atoms with van der Waals surface area (Å²) in [7, 11) is 0. The van der Waals surface area contributed by atoms with Crippen molar-refractivity contribution in [2.75, 3.05) is 6.61 Å². The fraction of sp³-hybridized carbons (Fsp3) is 0.500. The molecule has 2 N–H and O–H groups in total. The highest BCUT2D eigenvalue weighted by Gasteiger charge is 2.06. The van der Waals surface area contributed by atoms with Crippen molar-refractivity contribution in [3.05, 3.63) is 33.8 Å². The van der Waals surface area contributed by atoms with E-state index in [1.54, 1.807) is 6.07 Å². The summed E-state index contributed by atoms with van der Waals surface area (Å²) in [5.74, 6) is 0. The molecule has 1 aromatic carbocycles. The van der Waals surface area contributed by atoms with Gasteiger partial charge in [0.25, 0.3) is 0 Å². The van der Waals surface area contributed by atoms with Gasteiger partial charge in [-0.25, -0.2) is 0 Å². The maximum atomic E-state index is 8.87. The predicted molar refractivity (Wildman–Crippen MR) is 69.1 cm³/mol. The maximum absolute atomic E-state index is 8.87. The minimum absolute atomic E-state index is 0.208. The van der Waals surface area contributed by atoms with Gasteiger partial charge in [0.15, 0.2) is 0 Å². The predicted octanol–water partition coefficient (Wildman–Crippen LogP) is 3.24. The van der Waals surface area contributed by atoms with E-state index >= 15 is 0 Å². The second-order valence-corrected chi connectivity index (χ2v) is 4.58. The van der Waals surface area contributed by atoms with Gasteiger partial charge in [0.05, 0.1) is 0 Å². The molecule has 0 amide bonds. The average Bonchev–Trinajstić information content (AvgIpc) is 2.26. The standard InChI is InChI=1S/C12H17Cl2NO/c1-2-11(5-6-16)15-8-9-3-4-10(13)7-12(9)14/h3-4,7,11,15-16H,2,5-6,8H2,1H3. The minimum atomic E-state index is 0.208. The van der Waals surface area contributed by atoms with E-state index in [4.69, 9.17) is 28.3 Å². The molecular formula is C12H17Cl2NO. The van der Waals surface area contributed by atoms with Crippen LogP contribution in [0.15, 0.2) is 18.2 Å². The maximum Gasteiger partial charge on any atom is 0.0465 e. The molecule has 0 aliphatic rings.